The van der Waals surface area contributed by atoms with E-state index in [0.717, 1.165) is 6.42 Å². The Morgan fingerprint density at radius 3 is 2.50 bits per heavy atom. The molecule has 0 heterocycles. The Kier molecular flexibility index (Phi) is 5.09. The highest BCUT2D eigenvalue weighted by molar-refractivity contribution is 6.05. The lowest BCUT2D eigenvalue weighted by Crippen LogP contribution is -2.06. The van der Waals surface area contributed by atoms with Crippen molar-refractivity contribution in [2.45, 2.75) is 27.2 Å². The van der Waals surface area contributed by atoms with E-state index in [4.69, 9.17) is 4.74 Å². The first-order valence-corrected chi connectivity index (χ1v) is 4.16. The molecular formula is C10H16O2. The van der Waals surface area contributed by atoms with Crippen LogP contribution in [0, 0.1) is 0 Å². The van der Waals surface area contributed by atoms with Crippen molar-refractivity contribution in [3.8, 4) is 0 Å². The van der Waals surface area contributed by atoms with Gasteiger partial charge in [-0.3, -0.25) is 4.79 Å². The van der Waals surface area contributed by atoms with E-state index in [9.17, 15) is 4.79 Å². The summed E-state index contributed by atoms with van der Waals surface area (Å²) in [7, 11) is 0. The van der Waals surface area contributed by atoms with Crippen molar-refractivity contribution in [2.24, 2.45) is 0 Å². The zero-order valence-corrected chi connectivity index (χ0v) is 8.02. The topological polar surface area (TPSA) is 26.3 Å². The van der Waals surface area contributed by atoms with E-state index in [1.54, 1.807) is 6.92 Å². The van der Waals surface area contributed by atoms with Gasteiger partial charge < -0.3 is 4.74 Å². The van der Waals surface area contributed by atoms with Gasteiger partial charge in [0.05, 0.1) is 6.61 Å². The minimum absolute atomic E-state index is 0.0984. The second-order valence-corrected chi connectivity index (χ2v) is 2.48. The molecule has 0 amide bonds. The lowest BCUT2D eigenvalue weighted by molar-refractivity contribution is -0.115. The van der Waals surface area contributed by atoms with Crippen molar-refractivity contribution in [3.05, 3.63) is 24.0 Å². The largest absolute Gasteiger partial charge is 0.490 e. The smallest absolute Gasteiger partial charge is 0.222 e. The molecule has 2 heteroatoms. The standard InChI is InChI=1S/C10H16O2/c1-5-7-8(3)10(11)9(4)12-6-2/h7H,4-6H2,1-3H3/b8-7+. The van der Waals surface area contributed by atoms with Crippen molar-refractivity contribution in [3.63, 3.8) is 0 Å². The average molecular weight is 168 g/mol. The molecule has 12 heavy (non-hydrogen) atoms. The molecular weight excluding hydrogens is 152 g/mol. The summed E-state index contributed by atoms with van der Waals surface area (Å²) in [6, 6.07) is 0. The number of ketones is 1. The minimum atomic E-state index is -0.0984. The maximum atomic E-state index is 11.3. The van der Waals surface area contributed by atoms with Gasteiger partial charge in [0, 0.05) is 0 Å². The summed E-state index contributed by atoms with van der Waals surface area (Å²) in [5, 5.41) is 0. The second-order valence-electron chi connectivity index (χ2n) is 2.48. The molecule has 0 radical (unpaired) electrons. The maximum absolute atomic E-state index is 11.3. The zero-order chi connectivity index (χ0) is 9.56. The highest BCUT2D eigenvalue weighted by Crippen LogP contribution is 2.05. The molecule has 0 aromatic carbocycles. The first kappa shape index (κ1) is 11.0. The van der Waals surface area contributed by atoms with Crippen molar-refractivity contribution in [1.29, 1.82) is 0 Å². The molecule has 0 aliphatic rings. The Morgan fingerprint density at radius 1 is 1.50 bits per heavy atom. The van der Waals surface area contributed by atoms with Crippen LogP contribution in [0.2, 0.25) is 0 Å². The van der Waals surface area contributed by atoms with Crippen molar-refractivity contribution in [2.75, 3.05) is 6.61 Å². The molecule has 0 fully saturated rings. The normalized spacial score (nSPS) is 11.1. The molecule has 2 nitrogen and oxygen atoms in total. The summed E-state index contributed by atoms with van der Waals surface area (Å²) in [6.45, 7) is 9.62. The van der Waals surface area contributed by atoms with Crippen LogP contribution < -0.4 is 0 Å². The molecule has 0 aromatic rings. The summed E-state index contributed by atoms with van der Waals surface area (Å²) in [5.74, 6) is 0.137. The predicted molar refractivity (Wildman–Crippen MR) is 49.8 cm³/mol. The fraction of sp³-hybridized carbons (Fsp3) is 0.500. The maximum Gasteiger partial charge on any atom is 0.222 e. The lowest BCUT2D eigenvalue weighted by atomic mass is 10.1. The van der Waals surface area contributed by atoms with Crippen molar-refractivity contribution < 1.29 is 9.53 Å². The Labute approximate surface area is 73.9 Å². The third-order valence-corrected chi connectivity index (χ3v) is 1.44. The van der Waals surface area contributed by atoms with E-state index in [1.807, 2.05) is 19.9 Å². The van der Waals surface area contributed by atoms with Gasteiger partial charge in [-0.1, -0.05) is 19.6 Å². The number of rotatable bonds is 5. The Balaban J connectivity index is 4.19. The molecule has 0 aliphatic carbocycles. The van der Waals surface area contributed by atoms with Gasteiger partial charge in [-0.15, -0.1) is 0 Å². The molecule has 0 spiro atoms. The number of allylic oxidation sites excluding steroid dienone is 2. The molecule has 0 aromatic heterocycles. The number of hydrogen-bond donors (Lipinski definition) is 0. The van der Waals surface area contributed by atoms with Crippen LogP contribution in [0.5, 0.6) is 0 Å². The molecule has 0 unspecified atom stereocenters. The number of ether oxygens (including phenoxy) is 1. The number of carbonyl (C=O) groups excluding carboxylic acids is 1. The third kappa shape index (κ3) is 3.37. The quantitative estimate of drug-likeness (QED) is 0.465. The van der Waals surface area contributed by atoms with Crippen LogP contribution in [-0.2, 0) is 9.53 Å². The molecule has 0 N–H and O–H groups in total. The van der Waals surface area contributed by atoms with Gasteiger partial charge in [0.25, 0.3) is 0 Å². The van der Waals surface area contributed by atoms with Crippen LogP contribution in [0.4, 0.5) is 0 Å². The molecule has 0 aliphatic heterocycles. The first-order chi connectivity index (χ1) is 5.63. The van der Waals surface area contributed by atoms with Gasteiger partial charge >= 0.3 is 0 Å². The fourth-order valence-electron chi connectivity index (χ4n) is 0.859. The van der Waals surface area contributed by atoms with Crippen LogP contribution >= 0.6 is 0 Å². The van der Waals surface area contributed by atoms with Crippen LogP contribution in [0.15, 0.2) is 24.0 Å². The Bertz CT molecular complexity index is 202. The van der Waals surface area contributed by atoms with Gasteiger partial charge in [-0.2, -0.15) is 0 Å². The van der Waals surface area contributed by atoms with Gasteiger partial charge in [0.15, 0.2) is 5.76 Å². The van der Waals surface area contributed by atoms with Crippen LogP contribution in [-0.4, -0.2) is 12.4 Å². The van der Waals surface area contributed by atoms with E-state index in [-0.39, 0.29) is 11.5 Å². The van der Waals surface area contributed by atoms with E-state index in [0.29, 0.717) is 12.2 Å². The van der Waals surface area contributed by atoms with Crippen molar-refractivity contribution >= 4 is 5.78 Å². The van der Waals surface area contributed by atoms with Crippen LogP contribution in [0.25, 0.3) is 0 Å². The minimum Gasteiger partial charge on any atom is -0.490 e. The second kappa shape index (κ2) is 5.58. The van der Waals surface area contributed by atoms with Gasteiger partial charge in [-0.05, 0) is 25.8 Å². The van der Waals surface area contributed by atoms with Crippen LogP contribution in [0.3, 0.4) is 0 Å². The van der Waals surface area contributed by atoms with Crippen LogP contribution in [0.1, 0.15) is 27.2 Å². The van der Waals surface area contributed by atoms with E-state index in [1.165, 1.54) is 0 Å². The predicted octanol–water partition coefficient (Wildman–Crippen LogP) is 2.46. The van der Waals surface area contributed by atoms with E-state index >= 15 is 0 Å². The Morgan fingerprint density at radius 2 is 2.08 bits per heavy atom. The fourth-order valence-corrected chi connectivity index (χ4v) is 0.859. The average Bonchev–Trinajstić information content (AvgIpc) is 2.04. The summed E-state index contributed by atoms with van der Waals surface area (Å²) in [4.78, 5) is 11.3. The molecule has 0 rings (SSSR count). The lowest BCUT2D eigenvalue weighted by Gasteiger charge is -2.04. The summed E-state index contributed by atoms with van der Waals surface area (Å²) >= 11 is 0. The summed E-state index contributed by atoms with van der Waals surface area (Å²) < 4.78 is 4.99. The highest BCUT2D eigenvalue weighted by Gasteiger charge is 2.08. The summed E-state index contributed by atoms with van der Waals surface area (Å²) in [5.41, 5.74) is 0.705. The SMILES string of the molecule is C=C(OCC)C(=O)/C(C)=C/CC. The van der Waals surface area contributed by atoms with E-state index < -0.39 is 0 Å². The monoisotopic (exact) mass is 168 g/mol. The molecule has 0 saturated heterocycles. The summed E-state index contributed by atoms with van der Waals surface area (Å²) in [6.07, 6.45) is 2.73. The van der Waals surface area contributed by atoms with Gasteiger partial charge in [0.1, 0.15) is 0 Å². The first-order valence-electron chi connectivity index (χ1n) is 4.16. The highest BCUT2D eigenvalue weighted by atomic mass is 16.5. The zero-order valence-electron chi connectivity index (χ0n) is 8.02. The molecule has 0 atom stereocenters. The molecule has 0 bridgehead atoms. The van der Waals surface area contributed by atoms with Gasteiger partial charge in [-0.25, -0.2) is 0 Å². The van der Waals surface area contributed by atoms with Crippen molar-refractivity contribution in [1.82, 2.24) is 0 Å². The number of Topliss-reactive ketones (excluding diaryl/α,β-unsaturated/α-hetero) is 1. The number of carbonyl (C=O) groups is 1. The van der Waals surface area contributed by atoms with E-state index in [2.05, 4.69) is 6.58 Å². The molecule has 0 saturated carbocycles. The third-order valence-electron chi connectivity index (χ3n) is 1.44. The van der Waals surface area contributed by atoms with Gasteiger partial charge in [0.2, 0.25) is 5.78 Å². The molecule has 68 valence electrons. The Hall–Kier alpha value is -1.05. The number of hydrogen-bond acceptors (Lipinski definition) is 2.